The predicted molar refractivity (Wildman–Crippen MR) is 113 cm³/mol. The van der Waals surface area contributed by atoms with Crippen molar-refractivity contribution in [2.45, 2.75) is 39.5 Å². The van der Waals surface area contributed by atoms with Crippen LogP contribution in [0.4, 0.5) is 0 Å². The molecule has 4 aromatic rings. The van der Waals surface area contributed by atoms with Gasteiger partial charge in [0, 0.05) is 34.1 Å². The first kappa shape index (κ1) is 16.4. The molecule has 27 heavy (non-hydrogen) atoms. The van der Waals surface area contributed by atoms with E-state index in [2.05, 4.69) is 69.1 Å². The highest BCUT2D eigenvalue weighted by molar-refractivity contribution is 6.03. The third-order valence-electron chi connectivity index (χ3n) is 5.91. The smallest absolute Gasteiger partial charge is 0.0787 e. The van der Waals surface area contributed by atoms with E-state index < -0.39 is 0 Å². The molecular weight excluding hydrogens is 328 g/mol. The van der Waals surface area contributed by atoms with Crippen molar-refractivity contribution in [2.75, 3.05) is 0 Å². The van der Waals surface area contributed by atoms with Gasteiger partial charge in [0.05, 0.1) is 11.2 Å². The van der Waals surface area contributed by atoms with Crippen LogP contribution in [0.2, 0.25) is 0 Å². The van der Waals surface area contributed by atoms with Gasteiger partial charge in [-0.2, -0.15) is 0 Å². The van der Waals surface area contributed by atoms with Crippen LogP contribution in [0.25, 0.3) is 32.9 Å². The van der Waals surface area contributed by atoms with Gasteiger partial charge in [0.2, 0.25) is 0 Å². The second kappa shape index (κ2) is 5.63. The Morgan fingerprint density at radius 1 is 0.889 bits per heavy atom. The number of rotatable bonds is 2. The molecule has 0 unspecified atom stereocenters. The number of fused-ring (bicyclic) bond motifs is 3. The van der Waals surface area contributed by atoms with Crippen LogP contribution >= 0.6 is 0 Å². The van der Waals surface area contributed by atoms with Gasteiger partial charge in [0.1, 0.15) is 0 Å². The highest BCUT2D eigenvalue weighted by Gasteiger charge is 2.34. The number of benzene rings is 2. The first-order chi connectivity index (χ1) is 12.9. The lowest BCUT2D eigenvalue weighted by atomic mass is 9.69. The largest absolute Gasteiger partial charge is 0.256 e. The molecule has 1 aliphatic carbocycles. The molecule has 0 saturated carbocycles. The lowest BCUT2D eigenvalue weighted by Crippen LogP contribution is -2.24. The Morgan fingerprint density at radius 2 is 1.74 bits per heavy atom. The summed E-state index contributed by atoms with van der Waals surface area (Å²) in [4.78, 5) is 9.39. The summed E-state index contributed by atoms with van der Waals surface area (Å²) >= 11 is 0. The van der Waals surface area contributed by atoms with Crippen LogP contribution in [-0.4, -0.2) is 9.97 Å². The van der Waals surface area contributed by atoms with E-state index in [4.69, 9.17) is 4.98 Å². The van der Waals surface area contributed by atoms with Crippen LogP contribution in [0.15, 0.2) is 54.9 Å². The second-order valence-corrected chi connectivity index (χ2v) is 8.72. The molecule has 0 N–H and O–H groups in total. The zero-order valence-electron chi connectivity index (χ0n) is 16.4. The van der Waals surface area contributed by atoms with Gasteiger partial charge in [-0.15, -0.1) is 0 Å². The number of hydrogen-bond acceptors (Lipinski definition) is 2. The van der Waals surface area contributed by atoms with E-state index in [1.54, 1.807) is 0 Å². The molecule has 2 aromatic heterocycles. The van der Waals surface area contributed by atoms with Crippen LogP contribution in [0.1, 0.15) is 44.4 Å². The Kier molecular flexibility index (Phi) is 3.42. The van der Waals surface area contributed by atoms with Gasteiger partial charge >= 0.3 is 0 Å². The molecule has 0 amide bonds. The molecule has 1 aliphatic rings. The Hall–Kier alpha value is -2.74. The van der Waals surface area contributed by atoms with Crippen LogP contribution < -0.4 is 0 Å². The van der Waals surface area contributed by atoms with E-state index in [-0.39, 0.29) is 5.41 Å². The van der Waals surface area contributed by atoms with Crippen LogP contribution in [0.5, 0.6) is 0 Å². The lowest BCUT2D eigenvalue weighted by Gasteiger charge is -2.35. The average molecular weight is 352 g/mol. The summed E-state index contributed by atoms with van der Waals surface area (Å²) in [6, 6.07) is 15.6. The Morgan fingerprint density at radius 3 is 2.56 bits per heavy atom. The maximum Gasteiger partial charge on any atom is 0.0787 e. The van der Waals surface area contributed by atoms with Gasteiger partial charge in [0.15, 0.2) is 0 Å². The summed E-state index contributed by atoms with van der Waals surface area (Å²) in [6.45, 7) is 9.26. The normalized spacial score (nSPS) is 14.7. The monoisotopic (exact) mass is 352 g/mol. The summed E-state index contributed by atoms with van der Waals surface area (Å²) in [5.41, 5.74) is 7.45. The van der Waals surface area contributed by atoms with Crippen LogP contribution in [-0.2, 0) is 11.8 Å². The van der Waals surface area contributed by atoms with Crippen molar-refractivity contribution < 1.29 is 0 Å². The Balaban J connectivity index is 1.90. The first-order valence-corrected chi connectivity index (χ1v) is 9.77. The molecule has 134 valence electrons. The molecule has 2 heterocycles. The van der Waals surface area contributed by atoms with Gasteiger partial charge in [0.25, 0.3) is 0 Å². The van der Waals surface area contributed by atoms with Crippen molar-refractivity contribution in [2.24, 2.45) is 5.92 Å². The molecule has 2 aromatic carbocycles. The molecule has 0 atom stereocenters. The molecule has 0 saturated heterocycles. The number of aromatic nitrogens is 2. The highest BCUT2D eigenvalue weighted by Crippen LogP contribution is 2.49. The zero-order valence-corrected chi connectivity index (χ0v) is 16.4. The summed E-state index contributed by atoms with van der Waals surface area (Å²) in [5.74, 6) is 0.643. The molecule has 2 nitrogen and oxygen atoms in total. The lowest BCUT2D eigenvalue weighted by molar-refractivity contribution is 0.630. The van der Waals surface area contributed by atoms with Gasteiger partial charge in [-0.1, -0.05) is 45.9 Å². The topological polar surface area (TPSA) is 25.8 Å². The van der Waals surface area contributed by atoms with Crippen molar-refractivity contribution in [3.8, 4) is 11.3 Å². The summed E-state index contributed by atoms with van der Waals surface area (Å²) in [6.07, 6.45) is 4.92. The van der Waals surface area contributed by atoms with Crippen LogP contribution in [0, 0.1) is 5.92 Å². The summed E-state index contributed by atoms with van der Waals surface area (Å²) < 4.78 is 0. The van der Waals surface area contributed by atoms with Gasteiger partial charge in [-0.3, -0.25) is 9.97 Å². The number of pyridine rings is 2. The standard InChI is InChI=1S/C25H24N2/c1-15(2)10-16-11-18-7-9-27-24-19-14-22-17(6-5-8-26-22)13-20(19)25(3,4)21(12-16)23(18)24/h5-9,11-15H,10H2,1-4H3. The minimum absolute atomic E-state index is 0.0688. The highest BCUT2D eigenvalue weighted by atomic mass is 14.7. The fraction of sp³-hybridized carbons (Fsp3) is 0.280. The Labute approximate surface area is 160 Å². The maximum atomic E-state index is 4.81. The Bertz CT molecular complexity index is 1200. The third kappa shape index (κ3) is 2.39. The van der Waals surface area contributed by atoms with E-state index in [9.17, 15) is 0 Å². The van der Waals surface area contributed by atoms with Crippen molar-refractivity contribution in [3.05, 3.63) is 71.5 Å². The molecule has 0 fully saturated rings. The molecule has 2 heteroatoms. The van der Waals surface area contributed by atoms with Gasteiger partial charge in [-0.05, 0) is 58.7 Å². The third-order valence-corrected chi connectivity index (χ3v) is 5.91. The van der Waals surface area contributed by atoms with E-state index >= 15 is 0 Å². The van der Waals surface area contributed by atoms with Gasteiger partial charge < -0.3 is 0 Å². The molecule has 0 aliphatic heterocycles. The van der Waals surface area contributed by atoms with E-state index in [0.717, 1.165) is 17.6 Å². The maximum absolute atomic E-state index is 4.81. The van der Waals surface area contributed by atoms with Crippen molar-refractivity contribution in [1.29, 1.82) is 0 Å². The van der Waals surface area contributed by atoms with Crippen LogP contribution in [0.3, 0.4) is 0 Å². The molecule has 0 bridgehead atoms. The average Bonchev–Trinajstić information content (AvgIpc) is 2.64. The second-order valence-electron chi connectivity index (χ2n) is 8.72. The quantitative estimate of drug-likeness (QED) is 0.424. The fourth-order valence-corrected chi connectivity index (χ4v) is 4.64. The van der Waals surface area contributed by atoms with Gasteiger partial charge in [-0.25, -0.2) is 0 Å². The van der Waals surface area contributed by atoms with Crippen molar-refractivity contribution >= 4 is 21.7 Å². The predicted octanol–water partition coefficient (Wildman–Crippen LogP) is 6.29. The van der Waals surface area contributed by atoms with Crippen molar-refractivity contribution in [3.63, 3.8) is 0 Å². The minimum Gasteiger partial charge on any atom is -0.256 e. The van der Waals surface area contributed by atoms with E-state index in [0.29, 0.717) is 5.92 Å². The minimum atomic E-state index is -0.0688. The molecule has 0 radical (unpaired) electrons. The fourth-order valence-electron chi connectivity index (χ4n) is 4.64. The SMILES string of the molecule is CC(C)Cc1cc2c3c(nccc3c1)-c1cc3ncccc3cc1C2(C)C. The van der Waals surface area contributed by atoms with E-state index in [1.165, 1.54) is 38.4 Å². The summed E-state index contributed by atoms with van der Waals surface area (Å²) in [5, 5.41) is 3.80. The summed E-state index contributed by atoms with van der Waals surface area (Å²) in [7, 11) is 0. The number of hydrogen-bond donors (Lipinski definition) is 0. The number of nitrogens with zero attached hydrogens (tertiary/aromatic N) is 2. The first-order valence-electron chi connectivity index (χ1n) is 9.77. The van der Waals surface area contributed by atoms with E-state index in [1.807, 2.05) is 18.5 Å². The molecular formula is C25H24N2. The molecule has 0 spiro atoms. The van der Waals surface area contributed by atoms with Crippen molar-refractivity contribution in [1.82, 2.24) is 9.97 Å². The zero-order chi connectivity index (χ0) is 18.8. The molecule has 5 rings (SSSR count).